The molecule has 0 radical (unpaired) electrons. The summed E-state index contributed by atoms with van der Waals surface area (Å²) in [5.74, 6) is 0. The highest BCUT2D eigenvalue weighted by Gasteiger charge is 2.31. The van der Waals surface area contributed by atoms with Gasteiger partial charge in [0, 0.05) is 29.3 Å². The summed E-state index contributed by atoms with van der Waals surface area (Å²) in [5, 5.41) is 0.922. The van der Waals surface area contributed by atoms with Crippen LogP contribution in [0.15, 0.2) is 18.2 Å². The molecule has 0 amide bonds. The SMILES string of the molecule is NC1CCN2c3cccc(Cl)c3CCC2C1. The molecule has 0 spiro atoms. The lowest BCUT2D eigenvalue weighted by atomic mass is 9.87. The molecule has 2 atom stereocenters. The minimum Gasteiger partial charge on any atom is -0.368 e. The lowest BCUT2D eigenvalue weighted by Crippen LogP contribution is -2.49. The van der Waals surface area contributed by atoms with E-state index in [2.05, 4.69) is 17.0 Å². The van der Waals surface area contributed by atoms with Crippen molar-refractivity contribution in [1.82, 2.24) is 0 Å². The predicted octanol–water partition coefficient (Wildman–Crippen LogP) is 2.58. The molecule has 1 fully saturated rings. The van der Waals surface area contributed by atoms with E-state index >= 15 is 0 Å². The first-order valence-electron chi connectivity index (χ1n) is 6.05. The average molecular weight is 237 g/mol. The van der Waals surface area contributed by atoms with Gasteiger partial charge in [-0.25, -0.2) is 0 Å². The summed E-state index contributed by atoms with van der Waals surface area (Å²) in [4.78, 5) is 2.51. The van der Waals surface area contributed by atoms with Crippen LogP contribution in [-0.2, 0) is 6.42 Å². The second-order valence-electron chi connectivity index (χ2n) is 4.91. The number of nitrogens with two attached hydrogens (primary N) is 1. The second-order valence-corrected chi connectivity index (χ2v) is 5.32. The fourth-order valence-corrected chi connectivity index (χ4v) is 3.31. The zero-order valence-electron chi connectivity index (χ0n) is 9.32. The summed E-state index contributed by atoms with van der Waals surface area (Å²) in [5.41, 5.74) is 8.71. The van der Waals surface area contributed by atoms with E-state index in [0.717, 1.165) is 30.8 Å². The van der Waals surface area contributed by atoms with Gasteiger partial charge in [-0.1, -0.05) is 17.7 Å². The minimum atomic E-state index is 0.391. The number of nitrogens with zero attached hydrogens (tertiary/aromatic N) is 1. The lowest BCUT2D eigenvalue weighted by Gasteiger charge is -2.44. The Morgan fingerprint density at radius 2 is 2.19 bits per heavy atom. The molecule has 2 aliphatic rings. The Kier molecular flexibility index (Phi) is 2.56. The number of rotatable bonds is 0. The van der Waals surface area contributed by atoms with Gasteiger partial charge in [-0.2, -0.15) is 0 Å². The third kappa shape index (κ3) is 1.61. The number of hydrogen-bond donors (Lipinski definition) is 1. The normalized spacial score (nSPS) is 28.5. The van der Waals surface area contributed by atoms with Gasteiger partial charge in [0.1, 0.15) is 0 Å². The maximum Gasteiger partial charge on any atom is 0.0458 e. The van der Waals surface area contributed by atoms with E-state index in [1.807, 2.05) is 6.07 Å². The average Bonchev–Trinajstić information content (AvgIpc) is 2.28. The summed E-state index contributed by atoms with van der Waals surface area (Å²) in [6.45, 7) is 1.08. The van der Waals surface area contributed by atoms with Crippen LogP contribution in [0.5, 0.6) is 0 Å². The van der Waals surface area contributed by atoms with Gasteiger partial charge in [-0.15, -0.1) is 0 Å². The first-order chi connectivity index (χ1) is 7.75. The number of fused-ring (bicyclic) bond motifs is 3. The van der Waals surface area contributed by atoms with Crippen molar-refractivity contribution in [3.8, 4) is 0 Å². The molecular formula is C13H17ClN2. The molecule has 2 unspecified atom stereocenters. The van der Waals surface area contributed by atoms with Crippen molar-refractivity contribution in [2.24, 2.45) is 5.73 Å². The van der Waals surface area contributed by atoms with Gasteiger partial charge in [0.15, 0.2) is 0 Å². The molecule has 0 aromatic heterocycles. The summed E-state index contributed by atoms with van der Waals surface area (Å²) in [6, 6.07) is 7.27. The van der Waals surface area contributed by atoms with E-state index in [1.54, 1.807) is 0 Å². The first-order valence-corrected chi connectivity index (χ1v) is 6.43. The minimum absolute atomic E-state index is 0.391. The summed E-state index contributed by atoms with van der Waals surface area (Å²) < 4.78 is 0. The topological polar surface area (TPSA) is 29.3 Å². The molecule has 1 aromatic rings. The van der Waals surface area contributed by atoms with Crippen LogP contribution in [0.3, 0.4) is 0 Å². The molecule has 16 heavy (non-hydrogen) atoms. The van der Waals surface area contributed by atoms with Crippen LogP contribution in [-0.4, -0.2) is 18.6 Å². The molecule has 2 nitrogen and oxygen atoms in total. The van der Waals surface area contributed by atoms with Crippen molar-refractivity contribution in [3.05, 3.63) is 28.8 Å². The largest absolute Gasteiger partial charge is 0.368 e. The van der Waals surface area contributed by atoms with Crippen molar-refractivity contribution in [2.45, 2.75) is 37.8 Å². The number of anilines is 1. The molecule has 3 heteroatoms. The highest BCUT2D eigenvalue weighted by Crippen LogP contribution is 2.38. The monoisotopic (exact) mass is 236 g/mol. The standard InChI is InChI=1S/C13H17ClN2/c14-12-2-1-3-13-11(12)5-4-10-8-9(15)6-7-16(10)13/h1-3,9-10H,4-8,15H2. The molecule has 0 aliphatic carbocycles. The van der Waals surface area contributed by atoms with Crippen LogP contribution in [0.4, 0.5) is 5.69 Å². The Balaban J connectivity index is 1.97. The quantitative estimate of drug-likeness (QED) is 0.750. The fourth-order valence-electron chi connectivity index (χ4n) is 3.05. The van der Waals surface area contributed by atoms with Crippen LogP contribution in [0.2, 0.25) is 5.02 Å². The van der Waals surface area contributed by atoms with E-state index in [4.69, 9.17) is 17.3 Å². The van der Waals surface area contributed by atoms with Crippen LogP contribution >= 0.6 is 11.6 Å². The van der Waals surface area contributed by atoms with Gasteiger partial charge in [-0.3, -0.25) is 0 Å². The Hall–Kier alpha value is -0.730. The van der Waals surface area contributed by atoms with Gasteiger partial charge in [-0.05, 0) is 43.4 Å². The van der Waals surface area contributed by atoms with E-state index in [1.165, 1.54) is 17.7 Å². The van der Waals surface area contributed by atoms with Crippen molar-refractivity contribution in [2.75, 3.05) is 11.4 Å². The van der Waals surface area contributed by atoms with Crippen LogP contribution in [0.1, 0.15) is 24.8 Å². The number of piperidine rings is 1. The highest BCUT2D eigenvalue weighted by atomic mass is 35.5. The van der Waals surface area contributed by atoms with Gasteiger partial charge < -0.3 is 10.6 Å². The van der Waals surface area contributed by atoms with Gasteiger partial charge in [0.2, 0.25) is 0 Å². The van der Waals surface area contributed by atoms with Crippen molar-refractivity contribution in [3.63, 3.8) is 0 Å². The van der Waals surface area contributed by atoms with Crippen molar-refractivity contribution < 1.29 is 0 Å². The molecule has 3 rings (SSSR count). The lowest BCUT2D eigenvalue weighted by molar-refractivity contribution is 0.384. The van der Waals surface area contributed by atoms with Gasteiger partial charge >= 0.3 is 0 Å². The zero-order chi connectivity index (χ0) is 11.1. The molecule has 2 heterocycles. The summed E-state index contributed by atoms with van der Waals surface area (Å²) in [6.07, 6.45) is 4.53. The molecular weight excluding hydrogens is 220 g/mol. The van der Waals surface area contributed by atoms with Crippen LogP contribution in [0, 0.1) is 0 Å². The van der Waals surface area contributed by atoms with E-state index in [9.17, 15) is 0 Å². The third-order valence-electron chi connectivity index (χ3n) is 3.89. The Morgan fingerprint density at radius 1 is 1.31 bits per heavy atom. The summed E-state index contributed by atoms with van der Waals surface area (Å²) >= 11 is 6.25. The highest BCUT2D eigenvalue weighted by molar-refractivity contribution is 6.31. The number of halogens is 1. The number of benzene rings is 1. The van der Waals surface area contributed by atoms with Crippen molar-refractivity contribution in [1.29, 1.82) is 0 Å². The Bertz CT molecular complexity index is 405. The van der Waals surface area contributed by atoms with Crippen LogP contribution < -0.4 is 10.6 Å². The predicted molar refractivity (Wildman–Crippen MR) is 68.1 cm³/mol. The smallest absolute Gasteiger partial charge is 0.0458 e. The molecule has 1 aromatic carbocycles. The van der Waals surface area contributed by atoms with E-state index in [0.29, 0.717) is 12.1 Å². The van der Waals surface area contributed by atoms with Crippen molar-refractivity contribution >= 4 is 17.3 Å². The maximum atomic E-state index is 6.25. The van der Waals surface area contributed by atoms with E-state index < -0.39 is 0 Å². The molecule has 1 saturated heterocycles. The van der Waals surface area contributed by atoms with E-state index in [-0.39, 0.29) is 0 Å². The van der Waals surface area contributed by atoms with Gasteiger partial charge in [0.25, 0.3) is 0 Å². The second kappa shape index (κ2) is 3.94. The third-order valence-corrected chi connectivity index (χ3v) is 4.24. The molecule has 0 saturated carbocycles. The summed E-state index contributed by atoms with van der Waals surface area (Å²) in [7, 11) is 0. The first kappa shape index (κ1) is 10.4. The Labute approximate surface area is 101 Å². The fraction of sp³-hybridized carbons (Fsp3) is 0.538. The molecule has 2 N–H and O–H groups in total. The Morgan fingerprint density at radius 3 is 3.06 bits per heavy atom. The molecule has 2 aliphatic heterocycles. The zero-order valence-corrected chi connectivity index (χ0v) is 10.1. The maximum absolute atomic E-state index is 6.25. The van der Waals surface area contributed by atoms with Crippen LogP contribution in [0.25, 0.3) is 0 Å². The molecule has 86 valence electrons. The van der Waals surface area contributed by atoms with Gasteiger partial charge in [0.05, 0.1) is 0 Å². The number of hydrogen-bond acceptors (Lipinski definition) is 2. The molecule has 0 bridgehead atoms.